The second-order valence-electron chi connectivity index (χ2n) is 7.03. The largest absolute Gasteiger partial charge is 0.468 e. The van der Waals surface area contributed by atoms with Gasteiger partial charge in [0.25, 0.3) is 0 Å². The molecule has 2 aliphatic carbocycles. The third-order valence-corrected chi connectivity index (χ3v) is 5.48. The average Bonchev–Trinajstić information content (AvgIpc) is 2.76. The highest BCUT2D eigenvalue weighted by Gasteiger charge is 2.43. The van der Waals surface area contributed by atoms with Crippen molar-refractivity contribution in [3.05, 3.63) is 71.3 Å². The number of carbonyl (C=O) groups is 4. The highest BCUT2D eigenvalue weighted by molar-refractivity contribution is 6.19. The van der Waals surface area contributed by atoms with Gasteiger partial charge in [-0.2, -0.15) is 0 Å². The lowest BCUT2D eigenvalue weighted by Crippen LogP contribution is -2.37. The Kier molecular flexibility index (Phi) is 4.62. The molecule has 2 atom stereocenters. The summed E-state index contributed by atoms with van der Waals surface area (Å²) in [4.78, 5) is 50.5. The van der Waals surface area contributed by atoms with E-state index in [1.54, 1.807) is 18.2 Å². The number of ketones is 2. The van der Waals surface area contributed by atoms with Gasteiger partial charge in [-0.1, -0.05) is 42.5 Å². The molecule has 0 bridgehead atoms. The van der Waals surface area contributed by atoms with E-state index < -0.39 is 29.7 Å². The topological polar surface area (TPSA) is 86.7 Å². The Balaban J connectivity index is 1.80. The molecule has 0 spiro atoms. The maximum atomic E-state index is 13.2. The number of benzene rings is 2. The molecule has 0 aliphatic heterocycles. The molecule has 4 rings (SSSR count). The van der Waals surface area contributed by atoms with E-state index in [9.17, 15) is 19.2 Å². The SMILES string of the molecule is COC(=O)C(C(=O)OC)C1=CC2C(=O)c3cc4ccccc4cc3C(=O)C2C=C1. The van der Waals surface area contributed by atoms with Crippen molar-refractivity contribution in [1.82, 2.24) is 0 Å². The van der Waals surface area contributed by atoms with Crippen molar-refractivity contribution in [3.8, 4) is 0 Å². The van der Waals surface area contributed by atoms with Crippen LogP contribution in [0.1, 0.15) is 20.7 Å². The summed E-state index contributed by atoms with van der Waals surface area (Å²) in [6, 6.07) is 11.0. The summed E-state index contributed by atoms with van der Waals surface area (Å²) in [6.07, 6.45) is 4.62. The number of allylic oxidation sites excluding steroid dienone is 3. The van der Waals surface area contributed by atoms with Crippen LogP contribution in [0.5, 0.6) is 0 Å². The number of hydrogen-bond acceptors (Lipinski definition) is 6. The van der Waals surface area contributed by atoms with Crippen molar-refractivity contribution in [2.75, 3.05) is 14.2 Å². The molecule has 2 aliphatic rings. The summed E-state index contributed by atoms with van der Waals surface area (Å²) in [7, 11) is 2.34. The molecule has 0 radical (unpaired) electrons. The minimum absolute atomic E-state index is 0.158. The maximum absolute atomic E-state index is 13.2. The molecule has 0 fully saturated rings. The minimum atomic E-state index is -1.30. The molecule has 0 saturated carbocycles. The van der Waals surface area contributed by atoms with Crippen LogP contribution in [0.4, 0.5) is 0 Å². The molecular weight excluding hydrogens is 372 g/mol. The van der Waals surface area contributed by atoms with E-state index in [1.807, 2.05) is 24.3 Å². The molecule has 0 heterocycles. The predicted octanol–water partition coefficient (Wildman–Crippen LogP) is 2.91. The predicted molar refractivity (Wildman–Crippen MR) is 104 cm³/mol. The van der Waals surface area contributed by atoms with Crippen molar-refractivity contribution in [3.63, 3.8) is 0 Å². The number of hydrogen-bond donors (Lipinski definition) is 0. The van der Waals surface area contributed by atoms with Gasteiger partial charge in [-0.15, -0.1) is 0 Å². The highest BCUT2D eigenvalue weighted by atomic mass is 16.5. The molecule has 0 aromatic heterocycles. The van der Waals surface area contributed by atoms with Crippen molar-refractivity contribution in [2.45, 2.75) is 0 Å². The average molecular weight is 390 g/mol. The number of rotatable bonds is 3. The van der Waals surface area contributed by atoms with E-state index >= 15 is 0 Å². The Morgan fingerprint density at radius 3 is 1.90 bits per heavy atom. The molecule has 6 heteroatoms. The summed E-state index contributed by atoms with van der Waals surface area (Å²) >= 11 is 0. The summed E-state index contributed by atoms with van der Waals surface area (Å²) < 4.78 is 9.42. The van der Waals surface area contributed by atoms with Crippen LogP contribution in [0.2, 0.25) is 0 Å². The van der Waals surface area contributed by atoms with Crippen LogP contribution in [-0.2, 0) is 19.1 Å². The van der Waals surface area contributed by atoms with Crippen LogP contribution in [0, 0.1) is 17.8 Å². The Labute approximate surface area is 166 Å². The van der Waals surface area contributed by atoms with E-state index in [1.165, 1.54) is 26.4 Å². The summed E-state index contributed by atoms with van der Waals surface area (Å²) in [5, 5.41) is 1.75. The van der Waals surface area contributed by atoms with Crippen molar-refractivity contribution >= 4 is 34.3 Å². The molecule has 6 nitrogen and oxygen atoms in total. The van der Waals surface area contributed by atoms with Crippen LogP contribution in [0.25, 0.3) is 10.8 Å². The van der Waals surface area contributed by atoms with Crippen LogP contribution in [0.15, 0.2) is 60.2 Å². The number of fused-ring (bicyclic) bond motifs is 3. The van der Waals surface area contributed by atoms with Gasteiger partial charge >= 0.3 is 11.9 Å². The molecule has 146 valence electrons. The zero-order chi connectivity index (χ0) is 20.7. The molecule has 0 amide bonds. The van der Waals surface area contributed by atoms with Gasteiger partial charge in [0.05, 0.1) is 26.1 Å². The van der Waals surface area contributed by atoms with Crippen molar-refractivity contribution < 1.29 is 28.7 Å². The fraction of sp³-hybridized carbons (Fsp3) is 0.217. The normalized spacial score (nSPS) is 20.2. The Morgan fingerprint density at radius 1 is 0.862 bits per heavy atom. The van der Waals surface area contributed by atoms with E-state index in [0.717, 1.165) is 10.8 Å². The molecule has 2 aromatic rings. The smallest absolute Gasteiger partial charge is 0.324 e. The van der Waals surface area contributed by atoms with E-state index in [-0.39, 0.29) is 17.1 Å². The van der Waals surface area contributed by atoms with Gasteiger partial charge in [-0.05, 0) is 28.5 Å². The summed E-state index contributed by atoms with van der Waals surface area (Å²) in [6.45, 7) is 0. The van der Waals surface area contributed by atoms with E-state index in [4.69, 9.17) is 9.47 Å². The van der Waals surface area contributed by atoms with Gasteiger partial charge in [0.2, 0.25) is 0 Å². The first kappa shape index (κ1) is 18.8. The van der Waals surface area contributed by atoms with E-state index in [0.29, 0.717) is 11.1 Å². The lowest BCUT2D eigenvalue weighted by molar-refractivity contribution is -0.156. The maximum Gasteiger partial charge on any atom is 0.324 e. The van der Waals surface area contributed by atoms with Crippen molar-refractivity contribution in [1.29, 1.82) is 0 Å². The number of ether oxygens (including phenoxy) is 2. The first-order valence-electron chi connectivity index (χ1n) is 9.13. The van der Waals surface area contributed by atoms with Gasteiger partial charge in [0.1, 0.15) is 0 Å². The first-order valence-corrected chi connectivity index (χ1v) is 9.13. The quantitative estimate of drug-likeness (QED) is 0.592. The van der Waals surface area contributed by atoms with Crippen LogP contribution >= 0.6 is 0 Å². The minimum Gasteiger partial charge on any atom is -0.468 e. The van der Waals surface area contributed by atoms with Crippen LogP contribution in [-0.4, -0.2) is 37.7 Å². The molecule has 2 aromatic carbocycles. The lowest BCUT2D eigenvalue weighted by Gasteiger charge is -2.31. The molecule has 0 saturated heterocycles. The fourth-order valence-electron chi connectivity index (χ4n) is 3.99. The van der Waals surface area contributed by atoms with Gasteiger partial charge in [-0.25, -0.2) is 0 Å². The second kappa shape index (κ2) is 7.13. The van der Waals surface area contributed by atoms with Crippen molar-refractivity contribution in [2.24, 2.45) is 17.8 Å². The molecule has 29 heavy (non-hydrogen) atoms. The van der Waals surface area contributed by atoms with Crippen LogP contribution < -0.4 is 0 Å². The zero-order valence-electron chi connectivity index (χ0n) is 15.9. The zero-order valence-corrected chi connectivity index (χ0v) is 15.9. The number of esters is 2. The van der Waals surface area contributed by atoms with E-state index in [2.05, 4.69) is 0 Å². The summed E-state index contributed by atoms with van der Waals surface area (Å²) in [5.74, 6) is -4.70. The van der Waals surface area contributed by atoms with Gasteiger partial charge in [0, 0.05) is 11.1 Å². The first-order chi connectivity index (χ1) is 14.0. The number of methoxy groups -OCH3 is 2. The van der Waals surface area contributed by atoms with Crippen LogP contribution in [0.3, 0.4) is 0 Å². The second-order valence-corrected chi connectivity index (χ2v) is 7.03. The summed E-state index contributed by atoms with van der Waals surface area (Å²) in [5.41, 5.74) is 1.04. The van der Waals surface area contributed by atoms with Gasteiger partial charge < -0.3 is 9.47 Å². The highest BCUT2D eigenvalue weighted by Crippen LogP contribution is 2.38. The number of carbonyl (C=O) groups excluding carboxylic acids is 4. The Bertz CT molecular complexity index is 1110. The number of Topliss-reactive ketones (excluding diaryl/α,β-unsaturated/α-hetero) is 2. The standard InChI is InChI=1S/C23H18O6/c1-28-22(26)19(23(27)29-2)14-7-8-15-16(11-14)21(25)18-10-13-6-4-3-5-12(13)9-17(18)20(15)24/h3-11,15-16,19H,1-2H3. The monoisotopic (exact) mass is 390 g/mol. The lowest BCUT2D eigenvalue weighted by atomic mass is 9.70. The van der Waals surface area contributed by atoms with Gasteiger partial charge in [0.15, 0.2) is 17.5 Å². The third kappa shape index (κ3) is 2.97. The Hall–Kier alpha value is -3.54. The molecule has 0 N–H and O–H groups in total. The molecule has 2 unspecified atom stereocenters. The van der Waals surface area contributed by atoms with Gasteiger partial charge in [-0.3, -0.25) is 19.2 Å². The molecular formula is C23H18O6. The fourth-order valence-corrected chi connectivity index (χ4v) is 3.99. The third-order valence-electron chi connectivity index (χ3n) is 5.48. The Morgan fingerprint density at radius 2 is 1.38 bits per heavy atom.